The maximum Gasteiger partial charge on any atom is 0.201 e. The first kappa shape index (κ1) is 14.8. The van der Waals surface area contributed by atoms with E-state index in [0.717, 1.165) is 6.07 Å². The molecule has 3 rings (SSSR count). The molecule has 7 heteroatoms. The summed E-state index contributed by atoms with van der Waals surface area (Å²) in [4.78, 5) is 18.9. The van der Waals surface area contributed by atoms with E-state index in [0.29, 0.717) is 23.4 Å². The normalized spacial score (nSPS) is 10.6. The predicted molar refractivity (Wildman–Crippen MR) is 78.7 cm³/mol. The fraction of sp³-hybridized carbons (Fsp3) is 0.0625. The highest BCUT2D eigenvalue weighted by Crippen LogP contribution is 2.33. The number of aldehydes is 1. The Bertz CT molecular complexity index is 878. The standard InChI is InChI=1S/C16H11F2N3O2/c1-23-15-12(2-3-13(17)14(15)18)16-20-6-7-21(16)11-4-5-19-10(8-11)9-22/h2-9H,1H3. The van der Waals surface area contributed by atoms with Crippen molar-refractivity contribution in [1.82, 2.24) is 14.5 Å². The number of imidazole rings is 1. The summed E-state index contributed by atoms with van der Waals surface area (Å²) in [6, 6.07) is 5.63. The zero-order chi connectivity index (χ0) is 16.4. The van der Waals surface area contributed by atoms with Crippen molar-refractivity contribution in [2.45, 2.75) is 0 Å². The molecule has 0 amide bonds. The first-order valence-corrected chi connectivity index (χ1v) is 6.63. The van der Waals surface area contributed by atoms with Gasteiger partial charge in [0, 0.05) is 18.6 Å². The summed E-state index contributed by atoms with van der Waals surface area (Å²) in [5, 5.41) is 0. The number of benzene rings is 1. The molecule has 3 aromatic rings. The van der Waals surface area contributed by atoms with Crippen LogP contribution < -0.4 is 4.74 Å². The largest absolute Gasteiger partial charge is 0.493 e. The fourth-order valence-electron chi connectivity index (χ4n) is 2.27. The Morgan fingerprint density at radius 1 is 1.17 bits per heavy atom. The second-order valence-electron chi connectivity index (χ2n) is 4.62. The lowest BCUT2D eigenvalue weighted by atomic mass is 10.1. The fourth-order valence-corrected chi connectivity index (χ4v) is 2.27. The molecule has 2 heterocycles. The molecular weight excluding hydrogens is 304 g/mol. The molecule has 0 bridgehead atoms. The molecule has 0 fully saturated rings. The Kier molecular flexibility index (Phi) is 3.84. The van der Waals surface area contributed by atoms with Crippen molar-refractivity contribution in [1.29, 1.82) is 0 Å². The third kappa shape index (κ3) is 2.57. The molecule has 2 aromatic heterocycles. The summed E-state index contributed by atoms with van der Waals surface area (Å²) < 4.78 is 33.9. The smallest absolute Gasteiger partial charge is 0.201 e. The van der Waals surface area contributed by atoms with Crippen LogP contribution in [0.25, 0.3) is 17.1 Å². The van der Waals surface area contributed by atoms with Crippen LogP contribution in [0.2, 0.25) is 0 Å². The summed E-state index contributed by atoms with van der Waals surface area (Å²) >= 11 is 0. The van der Waals surface area contributed by atoms with Crippen LogP contribution in [0.4, 0.5) is 8.78 Å². The molecule has 0 atom stereocenters. The van der Waals surface area contributed by atoms with Gasteiger partial charge in [-0.05, 0) is 24.3 Å². The van der Waals surface area contributed by atoms with E-state index < -0.39 is 11.6 Å². The van der Waals surface area contributed by atoms with Crippen LogP contribution >= 0.6 is 0 Å². The summed E-state index contributed by atoms with van der Waals surface area (Å²) in [7, 11) is 1.26. The van der Waals surface area contributed by atoms with Gasteiger partial charge in [-0.1, -0.05) is 0 Å². The highest BCUT2D eigenvalue weighted by molar-refractivity contribution is 5.73. The van der Waals surface area contributed by atoms with Crippen molar-refractivity contribution in [3.8, 4) is 22.8 Å². The number of carbonyl (C=O) groups is 1. The van der Waals surface area contributed by atoms with Crippen LogP contribution in [0.15, 0.2) is 42.9 Å². The Morgan fingerprint density at radius 3 is 2.74 bits per heavy atom. The average molecular weight is 315 g/mol. The molecule has 0 unspecified atom stereocenters. The minimum Gasteiger partial charge on any atom is -0.493 e. The van der Waals surface area contributed by atoms with Crippen LogP contribution in [0.3, 0.4) is 0 Å². The summed E-state index contributed by atoms with van der Waals surface area (Å²) in [6.45, 7) is 0. The topological polar surface area (TPSA) is 57.0 Å². The number of rotatable bonds is 4. The van der Waals surface area contributed by atoms with Gasteiger partial charge in [0.15, 0.2) is 17.9 Å². The molecule has 0 radical (unpaired) electrons. The summed E-state index contributed by atoms with van der Waals surface area (Å²) in [5.41, 5.74) is 1.15. The quantitative estimate of drug-likeness (QED) is 0.694. The molecular formula is C16H11F2N3O2. The third-order valence-corrected chi connectivity index (χ3v) is 3.30. The van der Waals surface area contributed by atoms with Crippen molar-refractivity contribution >= 4 is 6.29 Å². The molecule has 0 aliphatic heterocycles. The van der Waals surface area contributed by atoms with Gasteiger partial charge in [-0.2, -0.15) is 4.39 Å². The van der Waals surface area contributed by atoms with Gasteiger partial charge in [0.1, 0.15) is 11.5 Å². The van der Waals surface area contributed by atoms with Gasteiger partial charge in [0.25, 0.3) is 0 Å². The maximum atomic E-state index is 13.9. The highest BCUT2D eigenvalue weighted by atomic mass is 19.2. The molecule has 0 saturated carbocycles. The number of hydrogen-bond donors (Lipinski definition) is 0. The number of nitrogens with zero attached hydrogens (tertiary/aromatic N) is 3. The van der Waals surface area contributed by atoms with Crippen molar-refractivity contribution in [3.63, 3.8) is 0 Å². The molecule has 0 saturated heterocycles. The van der Waals surface area contributed by atoms with Crippen molar-refractivity contribution in [2.75, 3.05) is 7.11 Å². The number of ether oxygens (including phenoxy) is 1. The second kappa shape index (κ2) is 5.96. The number of aromatic nitrogens is 3. The maximum absolute atomic E-state index is 13.9. The van der Waals surface area contributed by atoms with Gasteiger partial charge in [-0.15, -0.1) is 0 Å². The molecule has 0 aliphatic carbocycles. The number of pyridine rings is 1. The average Bonchev–Trinajstić information content (AvgIpc) is 3.06. The third-order valence-electron chi connectivity index (χ3n) is 3.30. The molecule has 0 aliphatic rings. The summed E-state index contributed by atoms with van der Waals surface area (Å²) in [5.74, 6) is -1.97. The van der Waals surface area contributed by atoms with Gasteiger partial charge in [-0.25, -0.2) is 9.37 Å². The van der Waals surface area contributed by atoms with Crippen molar-refractivity contribution in [3.05, 3.63) is 60.2 Å². The van der Waals surface area contributed by atoms with E-state index in [9.17, 15) is 13.6 Å². The van der Waals surface area contributed by atoms with E-state index in [1.165, 1.54) is 25.6 Å². The molecule has 5 nitrogen and oxygen atoms in total. The van der Waals surface area contributed by atoms with E-state index in [1.807, 2.05) is 0 Å². The minimum atomic E-state index is -1.08. The SMILES string of the molecule is COc1c(-c2nccn2-c2ccnc(C=O)c2)ccc(F)c1F. The van der Waals surface area contributed by atoms with E-state index >= 15 is 0 Å². The lowest BCUT2D eigenvalue weighted by Gasteiger charge is -2.12. The number of hydrogen-bond acceptors (Lipinski definition) is 4. The van der Waals surface area contributed by atoms with Crippen molar-refractivity contribution < 1.29 is 18.3 Å². The number of halogens is 2. The molecule has 23 heavy (non-hydrogen) atoms. The van der Waals surface area contributed by atoms with Crippen LogP contribution in [0, 0.1) is 11.6 Å². The Labute approximate surface area is 130 Å². The van der Waals surface area contributed by atoms with Crippen LogP contribution in [0.5, 0.6) is 5.75 Å². The van der Waals surface area contributed by atoms with Gasteiger partial charge in [0.05, 0.1) is 18.4 Å². The van der Waals surface area contributed by atoms with Crippen LogP contribution in [0.1, 0.15) is 10.5 Å². The lowest BCUT2D eigenvalue weighted by molar-refractivity contribution is 0.111. The van der Waals surface area contributed by atoms with Gasteiger partial charge in [0.2, 0.25) is 5.82 Å². The second-order valence-corrected chi connectivity index (χ2v) is 4.62. The van der Waals surface area contributed by atoms with Gasteiger partial charge >= 0.3 is 0 Å². The molecule has 0 spiro atoms. The number of methoxy groups -OCH3 is 1. The van der Waals surface area contributed by atoms with E-state index in [1.54, 1.807) is 22.9 Å². The zero-order valence-corrected chi connectivity index (χ0v) is 12.0. The number of carbonyl (C=O) groups excluding carboxylic acids is 1. The van der Waals surface area contributed by atoms with Crippen LogP contribution in [-0.4, -0.2) is 27.9 Å². The molecule has 116 valence electrons. The summed E-state index contributed by atoms with van der Waals surface area (Å²) in [6.07, 6.45) is 5.25. The van der Waals surface area contributed by atoms with E-state index in [2.05, 4.69) is 9.97 Å². The first-order chi connectivity index (χ1) is 11.2. The molecule has 1 aromatic carbocycles. The monoisotopic (exact) mass is 315 g/mol. The van der Waals surface area contributed by atoms with E-state index in [4.69, 9.17) is 4.74 Å². The van der Waals surface area contributed by atoms with Crippen molar-refractivity contribution in [2.24, 2.45) is 0 Å². The zero-order valence-electron chi connectivity index (χ0n) is 12.0. The Balaban J connectivity index is 2.19. The Morgan fingerprint density at radius 2 is 2.00 bits per heavy atom. The van der Waals surface area contributed by atoms with Gasteiger partial charge < -0.3 is 4.74 Å². The minimum absolute atomic E-state index is 0.234. The molecule has 0 N–H and O–H groups in total. The highest BCUT2D eigenvalue weighted by Gasteiger charge is 2.19. The Hall–Kier alpha value is -3.09. The first-order valence-electron chi connectivity index (χ1n) is 6.63. The lowest BCUT2D eigenvalue weighted by Crippen LogP contribution is -2.02. The van der Waals surface area contributed by atoms with Gasteiger partial charge in [-0.3, -0.25) is 14.3 Å². The predicted octanol–water partition coefficient (Wildman–Crippen LogP) is 3.03. The van der Waals surface area contributed by atoms with E-state index in [-0.39, 0.29) is 11.4 Å². The van der Waals surface area contributed by atoms with Crippen LogP contribution in [-0.2, 0) is 0 Å².